The molecule has 4 aromatic carbocycles. The predicted molar refractivity (Wildman–Crippen MR) is 159 cm³/mol. The third-order valence-electron chi connectivity index (χ3n) is 6.88. The zero-order valence-electron chi connectivity index (χ0n) is 22.2. The number of hydrogen-bond acceptors (Lipinski definition) is 7. The van der Waals surface area contributed by atoms with E-state index >= 15 is 0 Å². The highest BCUT2D eigenvalue weighted by molar-refractivity contribution is 7.21. The van der Waals surface area contributed by atoms with E-state index < -0.39 is 11.9 Å². The first-order valence-corrected chi connectivity index (χ1v) is 14.1. The number of halogens is 2. The van der Waals surface area contributed by atoms with E-state index in [0.29, 0.717) is 27.0 Å². The molecule has 1 atom stereocenters. The van der Waals surface area contributed by atoms with E-state index in [1.165, 1.54) is 23.5 Å². The van der Waals surface area contributed by atoms with Crippen molar-refractivity contribution in [2.24, 2.45) is 5.73 Å². The van der Waals surface area contributed by atoms with Gasteiger partial charge in [0.05, 0.1) is 10.9 Å². The van der Waals surface area contributed by atoms with Crippen molar-refractivity contribution in [3.05, 3.63) is 134 Å². The van der Waals surface area contributed by atoms with Crippen LogP contribution in [0.15, 0.2) is 96.4 Å². The molecule has 6 rings (SSSR count). The van der Waals surface area contributed by atoms with E-state index in [1.54, 1.807) is 36.4 Å². The number of esters is 1. The largest absolute Gasteiger partial charge is 0.489 e. The summed E-state index contributed by atoms with van der Waals surface area (Å²) in [6.45, 7) is 2.22. The third kappa shape index (κ3) is 5.28. The number of benzene rings is 4. The molecule has 2 heterocycles. The maximum absolute atomic E-state index is 13.2. The minimum atomic E-state index is -0.585. The van der Waals surface area contributed by atoms with Crippen LogP contribution in [-0.2, 0) is 6.61 Å². The van der Waals surface area contributed by atoms with Crippen molar-refractivity contribution in [2.45, 2.75) is 19.4 Å². The fourth-order valence-electron chi connectivity index (χ4n) is 4.83. The van der Waals surface area contributed by atoms with E-state index in [2.05, 4.69) is 6.07 Å². The quantitative estimate of drug-likeness (QED) is 0.158. The SMILES string of the molecule is Cc1ccc2c(Cl)c(C(=O)Oc3ccc4c(c3)OC(N)=C(C#N)C4c3cccc(OCc4ccc(F)cc4)c3)sc2c1. The lowest BCUT2D eigenvalue weighted by atomic mass is 9.83. The van der Waals surface area contributed by atoms with Crippen molar-refractivity contribution < 1.29 is 23.4 Å². The lowest BCUT2D eigenvalue weighted by molar-refractivity contribution is 0.0740. The smallest absolute Gasteiger partial charge is 0.355 e. The van der Waals surface area contributed by atoms with Crippen molar-refractivity contribution in [2.75, 3.05) is 0 Å². The lowest BCUT2D eigenvalue weighted by Gasteiger charge is -2.27. The fraction of sp³-hybridized carbons (Fsp3) is 0.0909. The van der Waals surface area contributed by atoms with Crippen LogP contribution in [0.2, 0.25) is 5.02 Å². The summed E-state index contributed by atoms with van der Waals surface area (Å²) in [5.74, 6) is -0.314. The maximum atomic E-state index is 13.2. The van der Waals surface area contributed by atoms with E-state index in [-0.39, 0.29) is 29.6 Å². The van der Waals surface area contributed by atoms with Crippen molar-refractivity contribution in [3.63, 3.8) is 0 Å². The van der Waals surface area contributed by atoms with Crippen LogP contribution in [0.4, 0.5) is 4.39 Å². The molecule has 0 fully saturated rings. The van der Waals surface area contributed by atoms with Gasteiger partial charge in [-0.15, -0.1) is 11.3 Å². The Morgan fingerprint density at radius 2 is 1.88 bits per heavy atom. The second-order valence-corrected chi connectivity index (χ2v) is 11.2. The molecule has 0 saturated carbocycles. The van der Waals surface area contributed by atoms with Gasteiger partial charge in [0.1, 0.15) is 46.2 Å². The summed E-state index contributed by atoms with van der Waals surface area (Å²) in [5.41, 5.74) is 9.74. The van der Waals surface area contributed by atoms with Crippen LogP contribution in [0, 0.1) is 24.1 Å². The summed E-state index contributed by atoms with van der Waals surface area (Å²) >= 11 is 7.78. The zero-order valence-corrected chi connectivity index (χ0v) is 23.8. The van der Waals surface area contributed by atoms with Gasteiger partial charge in [-0.05, 0) is 60.0 Å². The first kappa shape index (κ1) is 27.3. The van der Waals surface area contributed by atoms with Crippen LogP contribution in [-0.4, -0.2) is 5.97 Å². The molecular weight excluding hydrogens is 575 g/mol. The Hall–Kier alpha value is -4.84. The third-order valence-corrected chi connectivity index (χ3v) is 8.52. The first-order chi connectivity index (χ1) is 20.3. The summed E-state index contributed by atoms with van der Waals surface area (Å²) in [4.78, 5) is 13.4. The molecule has 0 bridgehead atoms. The number of thiophene rings is 1. The molecule has 1 aromatic heterocycles. The van der Waals surface area contributed by atoms with E-state index in [4.69, 9.17) is 31.5 Å². The number of nitrogens with two attached hydrogens (primary N) is 1. The molecule has 1 unspecified atom stereocenters. The second kappa shape index (κ2) is 11.2. The van der Waals surface area contributed by atoms with Crippen molar-refractivity contribution in [1.82, 2.24) is 0 Å². The maximum Gasteiger partial charge on any atom is 0.355 e. The van der Waals surface area contributed by atoms with Crippen LogP contribution >= 0.6 is 22.9 Å². The van der Waals surface area contributed by atoms with Gasteiger partial charge in [0.2, 0.25) is 5.88 Å². The number of nitriles is 1. The molecular formula is C33H22ClFN2O4S. The van der Waals surface area contributed by atoms with E-state index in [9.17, 15) is 14.4 Å². The Kier molecular flexibility index (Phi) is 7.29. The summed E-state index contributed by atoms with van der Waals surface area (Å²) in [6, 6.07) is 26.3. The van der Waals surface area contributed by atoms with Crippen LogP contribution in [0.1, 0.15) is 37.8 Å². The van der Waals surface area contributed by atoms with Gasteiger partial charge in [0.25, 0.3) is 0 Å². The number of fused-ring (bicyclic) bond motifs is 2. The molecule has 0 radical (unpaired) electrons. The zero-order chi connectivity index (χ0) is 29.4. The van der Waals surface area contributed by atoms with Crippen LogP contribution in [0.3, 0.4) is 0 Å². The summed E-state index contributed by atoms with van der Waals surface area (Å²) < 4.78 is 31.6. The van der Waals surface area contributed by atoms with Gasteiger partial charge < -0.3 is 19.9 Å². The fourth-order valence-corrected chi connectivity index (χ4v) is 6.31. The van der Waals surface area contributed by atoms with Gasteiger partial charge in [-0.25, -0.2) is 9.18 Å². The van der Waals surface area contributed by atoms with Crippen molar-refractivity contribution >= 4 is 39.0 Å². The molecule has 5 aromatic rings. The highest BCUT2D eigenvalue weighted by Gasteiger charge is 2.31. The van der Waals surface area contributed by atoms with Crippen molar-refractivity contribution in [1.29, 1.82) is 5.26 Å². The van der Waals surface area contributed by atoms with Gasteiger partial charge in [-0.2, -0.15) is 5.26 Å². The molecule has 6 nitrogen and oxygen atoms in total. The van der Waals surface area contributed by atoms with Crippen molar-refractivity contribution in [3.8, 4) is 23.3 Å². The molecule has 1 aliphatic rings. The minimum Gasteiger partial charge on any atom is -0.489 e. The van der Waals surface area contributed by atoms with E-state index in [0.717, 1.165) is 26.8 Å². The molecule has 0 spiro atoms. The molecule has 1 aliphatic heterocycles. The number of carbonyl (C=O) groups excluding carboxylic acids is 1. The van der Waals surface area contributed by atoms with Gasteiger partial charge in [-0.3, -0.25) is 0 Å². The number of hydrogen-bond donors (Lipinski definition) is 1. The number of ether oxygens (including phenoxy) is 3. The first-order valence-electron chi connectivity index (χ1n) is 12.9. The topological polar surface area (TPSA) is 94.6 Å². The lowest BCUT2D eigenvalue weighted by Crippen LogP contribution is -2.21. The highest BCUT2D eigenvalue weighted by atomic mass is 35.5. The molecule has 0 saturated heterocycles. The summed E-state index contributed by atoms with van der Waals surface area (Å²) in [5, 5.41) is 11.1. The number of allylic oxidation sites excluding steroid dienone is 1. The number of aryl methyl sites for hydroxylation is 1. The molecule has 208 valence electrons. The molecule has 0 aliphatic carbocycles. The Bertz CT molecular complexity index is 1930. The minimum absolute atomic E-state index is 0.0426. The molecule has 42 heavy (non-hydrogen) atoms. The Balaban J connectivity index is 1.27. The molecule has 0 amide bonds. The Morgan fingerprint density at radius 3 is 2.67 bits per heavy atom. The van der Waals surface area contributed by atoms with Gasteiger partial charge in [0.15, 0.2) is 0 Å². The normalized spacial score (nSPS) is 14.2. The Labute approximate surface area is 249 Å². The van der Waals surface area contributed by atoms with Gasteiger partial charge >= 0.3 is 5.97 Å². The van der Waals surface area contributed by atoms with Gasteiger partial charge in [0, 0.05) is 21.7 Å². The molecule has 9 heteroatoms. The molecule has 2 N–H and O–H groups in total. The average Bonchev–Trinajstić information content (AvgIpc) is 3.31. The monoisotopic (exact) mass is 596 g/mol. The van der Waals surface area contributed by atoms with Crippen LogP contribution in [0.5, 0.6) is 17.2 Å². The summed E-state index contributed by atoms with van der Waals surface area (Å²) in [6.07, 6.45) is 0. The summed E-state index contributed by atoms with van der Waals surface area (Å²) in [7, 11) is 0. The number of nitrogens with zero attached hydrogens (tertiary/aromatic N) is 1. The Morgan fingerprint density at radius 1 is 1.07 bits per heavy atom. The van der Waals surface area contributed by atoms with Crippen LogP contribution in [0.25, 0.3) is 10.1 Å². The highest BCUT2D eigenvalue weighted by Crippen LogP contribution is 2.44. The predicted octanol–water partition coefficient (Wildman–Crippen LogP) is 8.02. The standard InChI is InChI=1S/C33H22ClFN2O4S/c1-18-5-11-25-28(13-18)42-31(30(25)34)33(38)40-23-10-12-24-27(15-23)41-32(37)26(16-36)29(24)20-3-2-4-22(14-20)39-17-19-6-8-21(35)9-7-19/h2-15,29H,17,37H2,1H3. The average molecular weight is 597 g/mol. The van der Waals surface area contributed by atoms with E-state index in [1.807, 2.05) is 43.3 Å². The number of rotatable bonds is 6. The second-order valence-electron chi connectivity index (χ2n) is 9.75. The van der Waals surface area contributed by atoms with Crippen LogP contribution < -0.4 is 19.9 Å². The van der Waals surface area contributed by atoms with Gasteiger partial charge in [-0.1, -0.05) is 54.1 Å². The number of carbonyl (C=O) groups is 1.